The van der Waals surface area contributed by atoms with Gasteiger partial charge in [0, 0.05) is 22.0 Å². The van der Waals surface area contributed by atoms with Gasteiger partial charge >= 0.3 is 12.1 Å². The van der Waals surface area contributed by atoms with E-state index in [1.54, 1.807) is 0 Å². The van der Waals surface area contributed by atoms with E-state index in [1.165, 1.54) is 0 Å². The third-order valence-corrected chi connectivity index (χ3v) is 4.27. The number of rotatable bonds is 1. The Labute approximate surface area is 122 Å². The summed E-state index contributed by atoms with van der Waals surface area (Å²) in [4.78, 5) is 26.6. The molecule has 3 N–H and O–H groups in total. The van der Waals surface area contributed by atoms with Crippen molar-refractivity contribution in [3.8, 4) is 0 Å². The van der Waals surface area contributed by atoms with Gasteiger partial charge in [-0.15, -0.1) is 0 Å². The molecule has 1 aliphatic heterocycles. The van der Waals surface area contributed by atoms with Gasteiger partial charge in [0.25, 0.3) is 0 Å². The van der Waals surface area contributed by atoms with Gasteiger partial charge in [-0.1, -0.05) is 12.1 Å². The number of benzene rings is 1. The van der Waals surface area contributed by atoms with Crippen molar-refractivity contribution in [2.75, 3.05) is 0 Å². The molecular weight excluding hydrogens is 328 g/mol. The Morgan fingerprint density at radius 2 is 2.10 bits per heavy atom. The predicted molar refractivity (Wildman–Crippen MR) is 74.7 cm³/mol. The van der Waals surface area contributed by atoms with E-state index in [2.05, 4.69) is 20.9 Å². The molecule has 20 heavy (non-hydrogen) atoms. The second-order valence-electron chi connectivity index (χ2n) is 4.71. The first-order valence-electron chi connectivity index (χ1n) is 5.99. The lowest BCUT2D eigenvalue weighted by Crippen LogP contribution is -2.48. The van der Waals surface area contributed by atoms with Crippen LogP contribution in [0.25, 0.3) is 10.9 Å². The van der Waals surface area contributed by atoms with Gasteiger partial charge in [-0.3, -0.25) is 4.90 Å². The normalized spacial score (nSPS) is 18.1. The lowest BCUT2D eigenvalue weighted by atomic mass is 9.97. The van der Waals surface area contributed by atoms with Gasteiger partial charge in [-0.25, -0.2) is 9.59 Å². The van der Waals surface area contributed by atoms with Crippen LogP contribution in [0.15, 0.2) is 22.7 Å². The third kappa shape index (κ3) is 1.85. The Bertz CT molecular complexity index is 724. The van der Waals surface area contributed by atoms with Gasteiger partial charge in [0.15, 0.2) is 0 Å². The van der Waals surface area contributed by atoms with Crippen LogP contribution in [0.2, 0.25) is 0 Å². The Morgan fingerprint density at radius 3 is 2.75 bits per heavy atom. The van der Waals surface area contributed by atoms with Gasteiger partial charge in [0.2, 0.25) is 0 Å². The number of hydrogen-bond donors (Lipinski definition) is 3. The quantitative estimate of drug-likeness (QED) is 0.744. The maximum atomic E-state index is 11.3. The molecule has 0 radical (unpaired) electrons. The smallest absolute Gasteiger partial charge is 0.408 e. The molecule has 0 saturated heterocycles. The largest absolute Gasteiger partial charge is 0.480 e. The number of nitrogens with zero attached hydrogens (tertiary/aromatic N) is 1. The van der Waals surface area contributed by atoms with Crippen molar-refractivity contribution in [2.24, 2.45) is 0 Å². The fourth-order valence-corrected chi connectivity index (χ4v) is 3.13. The van der Waals surface area contributed by atoms with Crippen molar-refractivity contribution in [3.63, 3.8) is 0 Å². The SMILES string of the molecule is O=C(O)C1Cc2c([nH]c3c(Br)cccc23)CN1C(=O)O. The molecular formula is C13H11BrN2O4. The number of carbonyl (C=O) groups is 2. The Hall–Kier alpha value is -2.02. The van der Waals surface area contributed by atoms with E-state index in [0.29, 0.717) is 0 Å². The summed E-state index contributed by atoms with van der Waals surface area (Å²) >= 11 is 3.43. The summed E-state index contributed by atoms with van der Waals surface area (Å²) in [6, 6.07) is 4.62. The highest BCUT2D eigenvalue weighted by atomic mass is 79.9. The van der Waals surface area contributed by atoms with Crippen molar-refractivity contribution in [2.45, 2.75) is 19.0 Å². The van der Waals surface area contributed by atoms with Crippen molar-refractivity contribution < 1.29 is 19.8 Å². The number of aromatic amines is 1. The summed E-state index contributed by atoms with van der Waals surface area (Å²) < 4.78 is 0.873. The van der Waals surface area contributed by atoms with Crippen LogP contribution in [0.3, 0.4) is 0 Å². The summed E-state index contributed by atoms with van der Waals surface area (Å²) in [5.74, 6) is -1.12. The molecule has 1 aromatic heterocycles. The molecule has 0 fully saturated rings. The topological polar surface area (TPSA) is 93.6 Å². The first-order chi connectivity index (χ1) is 9.49. The zero-order valence-electron chi connectivity index (χ0n) is 10.3. The van der Waals surface area contributed by atoms with Gasteiger partial charge in [0.1, 0.15) is 6.04 Å². The monoisotopic (exact) mass is 338 g/mol. The lowest BCUT2D eigenvalue weighted by Gasteiger charge is -2.30. The maximum absolute atomic E-state index is 11.3. The molecule has 1 unspecified atom stereocenters. The van der Waals surface area contributed by atoms with Crippen LogP contribution in [-0.4, -0.2) is 38.2 Å². The zero-order valence-corrected chi connectivity index (χ0v) is 11.8. The summed E-state index contributed by atoms with van der Waals surface area (Å²) in [5.41, 5.74) is 2.51. The van der Waals surface area contributed by atoms with E-state index in [4.69, 9.17) is 5.11 Å². The number of hydrogen-bond acceptors (Lipinski definition) is 2. The molecule has 1 atom stereocenters. The van der Waals surface area contributed by atoms with Gasteiger partial charge in [0.05, 0.1) is 12.1 Å². The summed E-state index contributed by atoms with van der Waals surface area (Å²) in [6.07, 6.45) is -1.05. The second kappa shape index (κ2) is 4.52. The first kappa shape index (κ1) is 13.0. The van der Waals surface area contributed by atoms with E-state index < -0.39 is 18.1 Å². The molecule has 1 aromatic carbocycles. The molecule has 1 aliphatic rings. The number of fused-ring (bicyclic) bond motifs is 3. The molecule has 104 valence electrons. The van der Waals surface area contributed by atoms with E-state index in [0.717, 1.165) is 31.5 Å². The highest BCUT2D eigenvalue weighted by Crippen LogP contribution is 2.33. The predicted octanol–water partition coefficient (Wildman–Crippen LogP) is 2.42. The van der Waals surface area contributed by atoms with E-state index in [1.807, 2.05) is 18.2 Å². The number of carboxylic acids is 1. The van der Waals surface area contributed by atoms with Crippen molar-refractivity contribution >= 4 is 38.9 Å². The molecule has 6 nitrogen and oxygen atoms in total. The number of aromatic nitrogens is 1. The number of carboxylic acid groups (broad SMARTS) is 2. The van der Waals surface area contributed by atoms with Crippen molar-refractivity contribution in [3.05, 3.63) is 33.9 Å². The number of aliphatic carboxylic acids is 1. The number of H-pyrrole nitrogens is 1. The minimum absolute atomic E-state index is 0.0583. The van der Waals surface area contributed by atoms with Gasteiger partial charge in [-0.2, -0.15) is 0 Å². The molecule has 2 heterocycles. The lowest BCUT2D eigenvalue weighted by molar-refractivity contribution is -0.143. The number of nitrogens with one attached hydrogen (secondary N) is 1. The van der Waals surface area contributed by atoms with Crippen LogP contribution in [0.5, 0.6) is 0 Å². The third-order valence-electron chi connectivity index (χ3n) is 3.61. The van der Waals surface area contributed by atoms with E-state index in [9.17, 15) is 14.7 Å². The van der Waals surface area contributed by atoms with Crippen LogP contribution in [0.1, 0.15) is 11.3 Å². The summed E-state index contributed by atoms with van der Waals surface area (Å²) in [7, 11) is 0. The Balaban J connectivity index is 2.16. The standard InChI is InChI=1S/C13H11BrN2O4/c14-8-3-1-2-6-7-4-10(12(17)18)16(13(19)20)5-9(7)15-11(6)8/h1-3,10,15H,4-5H2,(H,17,18)(H,19,20). The van der Waals surface area contributed by atoms with Crippen LogP contribution >= 0.6 is 15.9 Å². The fraction of sp³-hybridized carbons (Fsp3) is 0.231. The van der Waals surface area contributed by atoms with E-state index in [-0.39, 0.29) is 13.0 Å². The highest BCUT2D eigenvalue weighted by molar-refractivity contribution is 9.10. The Kier molecular flexibility index (Phi) is 2.93. The van der Waals surface area contributed by atoms with Crippen molar-refractivity contribution in [1.29, 1.82) is 0 Å². The zero-order chi connectivity index (χ0) is 14.4. The molecule has 0 spiro atoms. The number of amides is 1. The first-order valence-corrected chi connectivity index (χ1v) is 6.78. The number of para-hydroxylation sites is 1. The average Bonchev–Trinajstić information content (AvgIpc) is 2.76. The van der Waals surface area contributed by atoms with Gasteiger partial charge in [-0.05, 0) is 27.6 Å². The Morgan fingerprint density at radius 1 is 1.35 bits per heavy atom. The summed E-state index contributed by atoms with van der Waals surface area (Å²) in [5, 5.41) is 19.3. The second-order valence-corrected chi connectivity index (χ2v) is 5.57. The molecule has 3 rings (SSSR count). The minimum Gasteiger partial charge on any atom is -0.480 e. The highest BCUT2D eigenvalue weighted by Gasteiger charge is 2.36. The molecule has 2 aromatic rings. The maximum Gasteiger partial charge on any atom is 0.408 e. The molecule has 0 saturated carbocycles. The molecule has 0 bridgehead atoms. The fourth-order valence-electron chi connectivity index (χ4n) is 2.67. The molecule has 0 aliphatic carbocycles. The minimum atomic E-state index is -1.22. The number of halogens is 1. The molecule has 1 amide bonds. The van der Waals surface area contributed by atoms with E-state index >= 15 is 0 Å². The van der Waals surface area contributed by atoms with Crippen molar-refractivity contribution in [1.82, 2.24) is 9.88 Å². The van der Waals surface area contributed by atoms with Crippen LogP contribution in [0, 0.1) is 0 Å². The average molecular weight is 339 g/mol. The summed E-state index contributed by atoms with van der Waals surface area (Å²) in [6.45, 7) is 0.0583. The van der Waals surface area contributed by atoms with Crippen LogP contribution < -0.4 is 0 Å². The van der Waals surface area contributed by atoms with Crippen LogP contribution in [0.4, 0.5) is 4.79 Å². The molecule has 7 heteroatoms. The van der Waals surface area contributed by atoms with Gasteiger partial charge < -0.3 is 15.2 Å². The van der Waals surface area contributed by atoms with Crippen LogP contribution in [-0.2, 0) is 17.8 Å².